The molecule has 3 atom stereocenters. The molecule has 27 heavy (non-hydrogen) atoms. The molecule has 6 nitrogen and oxygen atoms in total. The molecule has 4 saturated carbocycles. The van der Waals surface area contributed by atoms with Crippen molar-refractivity contribution in [2.24, 2.45) is 17.8 Å². The van der Waals surface area contributed by atoms with Crippen molar-refractivity contribution in [3.8, 4) is 0 Å². The molecule has 4 fully saturated rings. The molecule has 0 amide bonds. The SMILES string of the molecule is O=C(OC12CC3CC(C1)C(O)C(C3)C2)C(F)(SOO[O-])C(F)(F)C(F)(F)F. The maximum Gasteiger partial charge on any atom is 0.458 e. The van der Waals surface area contributed by atoms with Crippen LogP contribution in [0.4, 0.5) is 26.3 Å². The lowest BCUT2D eigenvalue weighted by Crippen LogP contribution is -2.62. The van der Waals surface area contributed by atoms with Gasteiger partial charge in [-0.05, 0) is 49.9 Å². The molecule has 0 radical (unpaired) electrons. The first-order valence-corrected chi connectivity index (χ1v) is 8.79. The number of carbonyl (C=O) groups is 1. The van der Waals surface area contributed by atoms with Crippen molar-refractivity contribution >= 4 is 18.0 Å². The van der Waals surface area contributed by atoms with E-state index in [4.69, 9.17) is 4.74 Å². The Hall–Kier alpha value is -0.760. The maximum atomic E-state index is 14.6. The van der Waals surface area contributed by atoms with Gasteiger partial charge in [0, 0.05) is 0 Å². The zero-order valence-electron chi connectivity index (χ0n) is 13.5. The van der Waals surface area contributed by atoms with Gasteiger partial charge in [-0.2, -0.15) is 26.3 Å². The highest BCUT2D eigenvalue weighted by molar-refractivity contribution is 7.96. The molecule has 13 heteroatoms. The second-order valence-electron chi connectivity index (χ2n) is 7.42. The number of alkyl halides is 6. The van der Waals surface area contributed by atoms with Gasteiger partial charge in [-0.3, -0.25) is 5.04 Å². The third-order valence-corrected chi connectivity index (χ3v) is 6.45. The molecule has 0 saturated heterocycles. The molecule has 0 aliphatic heterocycles. The highest BCUT2D eigenvalue weighted by atomic mass is 32.2. The summed E-state index contributed by atoms with van der Waals surface area (Å²) < 4.78 is 88.1. The van der Waals surface area contributed by atoms with Crippen molar-refractivity contribution in [1.29, 1.82) is 0 Å². The van der Waals surface area contributed by atoms with Gasteiger partial charge in [-0.1, -0.05) is 0 Å². The number of esters is 1. The standard InChI is InChI=1S/C14H16F6O6S/c15-12(27-26-25-23,13(16,17)14(18,19)20)10(22)24-11-3-6-1-7(4-11)9(21)8(2-6)5-11/h6-9,21,23H,1-5H2/p-1. The van der Waals surface area contributed by atoms with E-state index >= 15 is 0 Å². The van der Waals surface area contributed by atoms with Gasteiger partial charge in [0.1, 0.15) is 5.60 Å². The topological polar surface area (TPSA) is 88.1 Å². The molecule has 156 valence electrons. The fraction of sp³-hybridized carbons (Fsp3) is 0.929. The lowest BCUT2D eigenvalue weighted by Gasteiger charge is -2.58. The Morgan fingerprint density at radius 1 is 1.07 bits per heavy atom. The van der Waals surface area contributed by atoms with Crippen LogP contribution >= 0.6 is 12.0 Å². The van der Waals surface area contributed by atoms with Crippen LogP contribution in [-0.2, 0) is 18.9 Å². The van der Waals surface area contributed by atoms with Crippen molar-refractivity contribution in [3.05, 3.63) is 0 Å². The summed E-state index contributed by atoms with van der Waals surface area (Å²) in [6, 6.07) is 0. The van der Waals surface area contributed by atoms with E-state index in [0.29, 0.717) is 12.8 Å². The molecule has 0 aromatic heterocycles. The van der Waals surface area contributed by atoms with Crippen molar-refractivity contribution in [2.75, 3.05) is 0 Å². The molecule has 4 rings (SSSR count). The summed E-state index contributed by atoms with van der Waals surface area (Å²) in [4.78, 5) is 12.1. The van der Waals surface area contributed by atoms with Gasteiger partial charge in [0.2, 0.25) is 0 Å². The Kier molecular flexibility index (Phi) is 5.16. The van der Waals surface area contributed by atoms with Crippen molar-refractivity contribution in [3.63, 3.8) is 0 Å². The Morgan fingerprint density at radius 3 is 2.11 bits per heavy atom. The third kappa shape index (κ3) is 3.30. The quantitative estimate of drug-likeness (QED) is 0.230. The summed E-state index contributed by atoms with van der Waals surface area (Å²) in [5, 5.41) is 17.5. The molecular weight excluding hydrogens is 410 g/mol. The summed E-state index contributed by atoms with van der Waals surface area (Å²) in [6.07, 6.45) is -5.69. The van der Waals surface area contributed by atoms with Crippen LogP contribution in [0.2, 0.25) is 0 Å². The number of aliphatic hydroxyl groups excluding tert-OH is 1. The smallest absolute Gasteiger partial charge is 0.458 e. The number of hydrogen-bond acceptors (Lipinski definition) is 7. The molecular formula is C14H15F6O6S-. The molecule has 4 aliphatic carbocycles. The summed E-state index contributed by atoms with van der Waals surface area (Å²) in [5.41, 5.74) is -1.44. The predicted octanol–water partition coefficient (Wildman–Crippen LogP) is 2.20. The zero-order chi connectivity index (χ0) is 20.3. The maximum absolute atomic E-state index is 14.6. The van der Waals surface area contributed by atoms with Crippen LogP contribution < -0.4 is 5.26 Å². The second-order valence-corrected chi connectivity index (χ2v) is 8.29. The van der Waals surface area contributed by atoms with E-state index in [1.54, 1.807) is 0 Å². The number of ether oxygens (including phenoxy) is 1. The third-order valence-electron chi connectivity index (χ3n) is 5.68. The highest BCUT2D eigenvalue weighted by Gasteiger charge is 2.78. The molecule has 0 aromatic carbocycles. The first kappa shape index (κ1) is 21.0. The van der Waals surface area contributed by atoms with Crippen molar-refractivity contribution in [2.45, 2.75) is 60.9 Å². The monoisotopic (exact) mass is 425 g/mol. The number of hydrogen-bond donors (Lipinski definition) is 1. The van der Waals surface area contributed by atoms with Gasteiger partial charge in [-0.15, -0.1) is 0 Å². The lowest BCUT2D eigenvalue weighted by atomic mass is 9.53. The summed E-state index contributed by atoms with van der Waals surface area (Å²) >= 11 is -1.40. The molecule has 3 unspecified atom stereocenters. The number of carbonyl (C=O) groups excluding carboxylic acids is 1. The van der Waals surface area contributed by atoms with E-state index in [0.717, 1.165) is 0 Å². The van der Waals surface area contributed by atoms with Crippen LogP contribution in [0, 0.1) is 17.8 Å². The predicted molar refractivity (Wildman–Crippen MR) is 73.0 cm³/mol. The fourth-order valence-corrected chi connectivity index (χ4v) is 5.22. The van der Waals surface area contributed by atoms with Crippen LogP contribution in [-0.4, -0.2) is 39.9 Å². The van der Waals surface area contributed by atoms with Crippen LogP contribution in [0.1, 0.15) is 32.1 Å². The van der Waals surface area contributed by atoms with Gasteiger partial charge in [-0.25, -0.2) is 9.18 Å². The molecule has 0 spiro atoms. The van der Waals surface area contributed by atoms with Gasteiger partial charge in [0.25, 0.3) is 0 Å². The summed E-state index contributed by atoms with van der Waals surface area (Å²) in [5.74, 6) is -9.36. The van der Waals surface area contributed by atoms with Gasteiger partial charge >= 0.3 is 23.1 Å². The summed E-state index contributed by atoms with van der Waals surface area (Å²) in [6.45, 7) is 0. The average Bonchev–Trinajstić information content (AvgIpc) is 2.55. The van der Waals surface area contributed by atoms with Gasteiger partial charge in [0.15, 0.2) is 0 Å². The Balaban J connectivity index is 1.85. The van der Waals surface area contributed by atoms with E-state index in [2.05, 4.69) is 9.37 Å². The zero-order valence-corrected chi connectivity index (χ0v) is 14.3. The minimum absolute atomic E-state index is 0.00952. The molecule has 0 aromatic rings. The number of aliphatic hydroxyl groups is 1. The van der Waals surface area contributed by atoms with E-state index in [-0.39, 0.29) is 37.0 Å². The lowest BCUT2D eigenvalue weighted by molar-refractivity contribution is -0.777. The van der Waals surface area contributed by atoms with Crippen molar-refractivity contribution in [1.82, 2.24) is 0 Å². The summed E-state index contributed by atoms with van der Waals surface area (Å²) in [7, 11) is 0. The van der Waals surface area contributed by atoms with Crippen LogP contribution in [0.25, 0.3) is 0 Å². The Morgan fingerprint density at radius 2 is 1.63 bits per heavy atom. The van der Waals surface area contributed by atoms with Crippen LogP contribution in [0.15, 0.2) is 0 Å². The van der Waals surface area contributed by atoms with Gasteiger partial charge < -0.3 is 15.1 Å². The molecule has 4 aliphatic rings. The fourth-order valence-electron chi connectivity index (χ4n) is 4.77. The average molecular weight is 425 g/mol. The molecule has 4 bridgehead atoms. The van der Waals surface area contributed by atoms with Crippen LogP contribution in [0.3, 0.4) is 0 Å². The normalized spacial score (nSPS) is 37.9. The largest absolute Gasteiger partial charge is 0.691 e. The van der Waals surface area contributed by atoms with Crippen molar-refractivity contribution < 1.29 is 55.6 Å². The minimum atomic E-state index is -6.46. The number of halogens is 6. The van der Waals surface area contributed by atoms with E-state index in [1.165, 1.54) is 0 Å². The second kappa shape index (κ2) is 6.65. The highest BCUT2D eigenvalue weighted by Crippen LogP contribution is 2.59. The van der Waals surface area contributed by atoms with E-state index in [9.17, 15) is 41.5 Å². The van der Waals surface area contributed by atoms with Crippen LogP contribution in [0.5, 0.6) is 0 Å². The number of rotatable bonds is 6. The molecule has 0 heterocycles. The molecule has 1 N–H and O–H groups in total. The first-order valence-electron chi connectivity index (χ1n) is 8.04. The van der Waals surface area contributed by atoms with E-state index < -0.39 is 46.8 Å². The Bertz CT molecular complexity index is 587. The van der Waals surface area contributed by atoms with E-state index in [1.807, 2.05) is 0 Å². The first-order chi connectivity index (χ1) is 12.4. The minimum Gasteiger partial charge on any atom is -0.691 e. The van der Waals surface area contributed by atoms with Gasteiger partial charge in [0.05, 0.1) is 18.1 Å². The Labute approximate surface area is 153 Å².